The van der Waals surface area contributed by atoms with Gasteiger partial charge < -0.3 is 14.3 Å². The van der Waals surface area contributed by atoms with Crippen molar-refractivity contribution in [3.05, 3.63) is 24.2 Å². The van der Waals surface area contributed by atoms with E-state index in [2.05, 4.69) is 0 Å². The van der Waals surface area contributed by atoms with Crippen LogP contribution >= 0.6 is 0 Å². The SMILES string of the molecule is CCOC(CC)C(O)c1ccco1. The molecular weight excluding hydrogens is 168 g/mol. The topological polar surface area (TPSA) is 42.6 Å². The Balaban J connectivity index is 2.58. The third-order valence-electron chi connectivity index (χ3n) is 1.97. The first-order chi connectivity index (χ1) is 6.29. The van der Waals surface area contributed by atoms with Crippen molar-refractivity contribution in [1.82, 2.24) is 0 Å². The second kappa shape index (κ2) is 5.04. The van der Waals surface area contributed by atoms with Gasteiger partial charge in [0.25, 0.3) is 0 Å². The molecule has 13 heavy (non-hydrogen) atoms. The Morgan fingerprint density at radius 3 is 2.77 bits per heavy atom. The molecule has 2 atom stereocenters. The highest BCUT2D eigenvalue weighted by Crippen LogP contribution is 2.21. The second-order valence-electron chi connectivity index (χ2n) is 2.86. The number of rotatable bonds is 5. The van der Waals surface area contributed by atoms with Gasteiger partial charge in [0, 0.05) is 6.61 Å². The summed E-state index contributed by atoms with van der Waals surface area (Å²) >= 11 is 0. The summed E-state index contributed by atoms with van der Waals surface area (Å²) in [4.78, 5) is 0. The van der Waals surface area contributed by atoms with E-state index in [1.807, 2.05) is 13.8 Å². The quantitative estimate of drug-likeness (QED) is 0.762. The molecule has 0 spiro atoms. The molecular formula is C10H16O3. The fraction of sp³-hybridized carbons (Fsp3) is 0.600. The lowest BCUT2D eigenvalue weighted by Crippen LogP contribution is -2.21. The van der Waals surface area contributed by atoms with Crippen LogP contribution in [0.2, 0.25) is 0 Å². The van der Waals surface area contributed by atoms with Gasteiger partial charge in [0.15, 0.2) is 0 Å². The van der Waals surface area contributed by atoms with E-state index in [-0.39, 0.29) is 6.10 Å². The van der Waals surface area contributed by atoms with Crippen molar-refractivity contribution in [2.75, 3.05) is 6.61 Å². The van der Waals surface area contributed by atoms with Crippen molar-refractivity contribution >= 4 is 0 Å². The number of aliphatic hydroxyl groups is 1. The molecule has 0 aliphatic rings. The van der Waals surface area contributed by atoms with E-state index in [0.717, 1.165) is 6.42 Å². The standard InChI is InChI=1S/C10H16O3/c1-3-8(12-4-2)10(11)9-6-5-7-13-9/h5-8,10-11H,3-4H2,1-2H3. The Morgan fingerprint density at radius 2 is 2.31 bits per heavy atom. The summed E-state index contributed by atoms with van der Waals surface area (Å²) in [6.45, 7) is 4.50. The van der Waals surface area contributed by atoms with E-state index in [1.165, 1.54) is 0 Å². The van der Waals surface area contributed by atoms with Gasteiger partial charge in [0.05, 0.1) is 12.4 Å². The van der Waals surface area contributed by atoms with E-state index < -0.39 is 6.10 Å². The highest BCUT2D eigenvalue weighted by Gasteiger charge is 2.21. The maximum Gasteiger partial charge on any atom is 0.138 e. The summed E-state index contributed by atoms with van der Waals surface area (Å²) < 4.78 is 10.5. The van der Waals surface area contributed by atoms with Crippen molar-refractivity contribution in [2.24, 2.45) is 0 Å². The van der Waals surface area contributed by atoms with Gasteiger partial charge in [0.2, 0.25) is 0 Å². The fourth-order valence-corrected chi connectivity index (χ4v) is 1.29. The molecule has 0 saturated carbocycles. The lowest BCUT2D eigenvalue weighted by Gasteiger charge is -2.19. The number of hydrogen-bond donors (Lipinski definition) is 1. The van der Waals surface area contributed by atoms with E-state index in [1.54, 1.807) is 18.4 Å². The van der Waals surface area contributed by atoms with Crippen molar-refractivity contribution < 1.29 is 14.3 Å². The molecule has 1 N–H and O–H groups in total. The molecule has 0 aromatic carbocycles. The van der Waals surface area contributed by atoms with Crippen LogP contribution in [0.15, 0.2) is 22.8 Å². The van der Waals surface area contributed by atoms with Gasteiger partial charge in [-0.2, -0.15) is 0 Å². The van der Waals surface area contributed by atoms with Gasteiger partial charge in [-0.15, -0.1) is 0 Å². The summed E-state index contributed by atoms with van der Waals surface area (Å²) in [5.74, 6) is 0.570. The first kappa shape index (κ1) is 10.3. The van der Waals surface area contributed by atoms with E-state index in [0.29, 0.717) is 12.4 Å². The van der Waals surface area contributed by atoms with Gasteiger partial charge in [-0.3, -0.25) is 0 Å². The maximum atomic E-state index is 9.78. The molecule has 1 aromatic heterocycles. The van der Waals surface area contributed by atoms with Gasteiger partial charge in [-0.25, -0.2) is 0 Å². The van der Waals surface area contributed by atoms with Crippen LogP contribution in [0.25, 0.3) is 0 Å². The Bertz CT molecular complexity index is 218. The number of ether oxygens (including phenoxy) is 1. The van der Waals surface area contributed by atoms with Gasteiger partial charge >= 0.3 is 0 Å². The monoisotopic (exact) mass is 184 g/mol. The minimum absolute atomic E-state index is 0.170. The molecule has 0 aliphatic heterocycles. The molecule has 3 nitrogen and oxygen atoms in total. The van der Waals surface area contributed by atoms with Crippen molar-refractivity contribution in [2.45, 2.75) is 32.5 Å². The normalized spacial score (nSPS) is 15.6. The zero-order chi connectivity index (χ0) is 9.68. The Labute approximate surface area is 78.3 Å². The molecule has 2 unspecified atom stereocenters. The average molecular weight is 184 g/mol. The van der Waals surface area contributed by atoms with Crippen molar-refractivity contribution in [3.8, 4) is 0 Å². The summed E-state index contributed by atoms with van der Waals surface area (Å²) in [6.07, 6.45) is 1.50. The zero-order valence-electron chi connectivity index (χ0n) is 8.06. The van der Waals surface area contributed by atoms with E-state index in [4.69, 9.17) is 9.15 Å². The molecule has 0 aliphatic carbocycles. The highest BCUT2D eigenvalue weighted by atomic mass is 16.5. The van der Waals surface area contributed by atoms with Crippen LogP contribution < -0.4 is 0 Å². The van der Waals surface area contributed by atoms with Crippen LogP contribution in [0.4, 0.5) is 0 Å². The van der Waals surface area contributed by atoms with Gasteiger partial charge in [-0.1, -0.05) is 6.92 Å². The van der Waals surface area contributed by atoms with Crippen LogP contribution in [-0.4, -0.2) is 17.8 Å². The molecule has 74 valence electrons. The molecule has 1 aromatic rings. The average Bonchev–Trinajstić information content (AvgIpc) is 2.65. The number of hydrogen-bond acceptors (Lipinski definition) is 3. The first-order valence-electron chi connectivity index (χ1n) is 4.62. The van der Waals surface area contributed by atoms with Crippen molar-refractivity contribution in [1.29, 1.82) is 0 Å². The molecule has 0 amide bonds. The van der Waals surface area contributed by atoms with E-state index >= 15 is 0 Å². The zero-order valence-corrected chi connectivity index (χ0v) is 8.06. The molecule has 1 rings (SSSR count). The lowest BCUT2D eigenvalue weighted by atomic mass is 10.1. The summed E-state index contributed by atoms with van der Waals surface area (Å²) in [5, 5.41) is 9.78. The number of aliphatic hydroxyl groups excluding tert-OH is 1. The summed E-state index contributed by atoms with van der Waals surface area (Å²) in [5.41, 5.74) is 0. The third-order valence-corrected chi connectivity index (χ3v) is 1.97. The number of furan rings is 1. The molecule has 0 bridgehead atoms. The first-order valence-corrected chi connectivity index (χ1v) is 4.62. The van der Waals surface area contributed by atoms with Crippen LogP contribution in [-0.2, 0) is 4.74 Å². The fourth-order valence-electron chi connectivity index (χ4n) is 1.29. The van der Waals surface area contributed by atoms with Crippen molar-refractivity contribution in [3.63, 3.8) is 0 Å². The second-order valence-corrected chi connectivity index (χ2v) is 2.86. The van der Waals surface area contributed by atoms with Crippen LogP contribution in [0, 0.1) is 0 Å². The maximum absolute atomic E-state index is 9.78. The largest absolute Gasteiger partial charge is 0.466 e. The van der Waals surface area contributed by atoms with Crippen LogP contribution in [0.1, 0.15) is 32.1 Å². The minimum Gasteiger partial charge on any atom is -0.466 e. The lowest BCUT2D eigenvalue weighted by molar-refractivity contribution is -0.0441. The van der Waals surface area contributed by atoms with Gasteiger partial charge in [-0.05, 0) is 25.5 Å². The predicted octanol–water partition coefficient (Wildman–Crippen LogP) is 2.13. The van der Waals surface area contributed by atoms with Crippen LogP contribution in [0.3, 0.4) is 0 Å². The molecule has 3 heteroatoms. The molecule has 0 radical (unpaired) electrons. The Hall–Kier alpha value is -0.800. The minimum atomic E-state index is -0.653. The molecule has 1 heterocycles. The molecule has 0 fully saturated rings. The Kier molecular flexibility index (Phi) is 3.99. The third kappa shape index (κ3) is 2.57. The molecule has 0 saturated heterocycles. The highest BCUT2D eigenvalue weighted by molar-refractivity contribution is 5.03. The smallest absolute Gasteiger partial charge is 0.138 e. The summed E-state index contributed by atoms with van der Waals surface area (Å²) in [6, 6.07) is 3.52. The predicted molar refractivity (Wildman–Crippen MR) is 49.4 cm³/mol. The van der Waals surface area contributed by atoms with Gasteiger partial charge in [0.1, 0.15) is 11.9 Å². The summed E-state index contributed by atoms with van der Waals surface area (Å²) in [7, 11) is 0. The van der Waals surface area contributed by atoms with Crippen LogP contribution in [0.5, 0.6) is 0 Å². The van der Waals surface area contributed by atoms with E-state index in [9.17, 15) is 5.11 Å². The Morgan fingerprint density at radius 1 is 1.54 bits per heavy atom.